The molecule has 2 aliphatic heterocycles. The number of anilines is 2. The molecular weight excluding hydrogens is 827 g/mol. The van der Waals surface area contributed by atoms with Crippen LogP contribution in [0.4, 0.5) is 20.4 Å². The first kappa shape index (κ1) is 45.1. The Morgan fingerprint density at radius 3 is 1.65 bits per heavy atom. The number of amides is 2. The molecule has 2 aromatic carbocycles. The molecule has 2 aromatic heterocycles. The summed E-state index contributed by atoms with van der Waals surface area (Å²) in [5, 5.41) is 19.8. The van der Waals surface area contributed by atoms with E-state index in [1.807, 2.05) is 36.4 Å². The van der Waals surface area contributed by atoms with E-state index in [-0.39, 0.29) is 30.8 Å². The molecule has 0 saturated carbocycles. The van der Waals surface area contributed by atoms with Crippen LogP contribution in [0.1, 0.15) is 35.7 Å². The minimum atomic E-state index is -1.83. The molecule has 4 heterocycles. The molecule has 16 nitrogen and oxygen atoms in total. The topological polar surface area (TPSA) is 221 Å². The molecular formula is C40H40F2N6O10S2. The highest BCUT2D eigenvalue weighted by molar-refractivity contribution is 8.00. The van der Waals surface area contributed by atoms with Crippen LogP contribution in [0.25, 0.3) is 12.2 Å². The van der Waals surface area contributed by atoms with Crippen molar-refractivity contribution in [3.63, 3.8) is 0 Å². The Bertz CT molecular complexity index is 2320. The van der Waals surface area contributed by atoms with Crippen molar-refractivity contribution in [1.82, 2.24) is 19.1 Å². The SMILES string of the molecule is CC(=O)Nc1ccn([C@@H]2S[C@H](CO)[C@@H](O)[C@@H]2F)c(=O)n1.CC(=O)Nc1ccn([C@@H]2S[C@H](COC(=O)/C=C/c3ccccc3)[C@@H](OC(=O)/C=C/c3ccccc3)[C@@H]2F)c(=O)n1. The van der Waals surface area contributed by atoms with Crippen molar-refractivity contribution in [3.05, 3.63) is 129 Å². The molecule has 2 saturated heterocycles. The summed E-state index contributed by atoms with van der Waals surface area (Å²) >= 11 is 1.96. The van der Waals surface area contributed by atoms with Crippen molar-refractivity contribution in [2.24, 2.45) is 0 Å². The smallest absolute Gasteiger partial charge is 0.350 e. The Balaban J connectivity index is 0.000000285. The van der Waals surface area contributed by atoms with Gasteiger partial charge in [-0.3, -0.25) is 18.7 Å². The number of hydrogen-bond donors (Lipinski definition) is 4. The van der Waals surface area contributed by atoms with E-state index < -0.39 is 75.0 Å². The summed E-state index contributed by atoms with van der Waals surface area (Å²) in [5.74, 6) is -2.13. The number of rotatable bonds is 12. The molecule has 20 heteroatoms. The molecule has 2 amide bonds. The number of aromatic nitrogens is 4. The van der Waals surface area contributed by atoms with Crippen molar-refractivity contribution in [2.75, 3.05) is 23.8 Å². The lowest BCUT2D eigenvalue weighted by Gasteiger charge is -2.20. The first-order valence-corrected chi connectivity index (χ1v) is 20.1. The fourth-order valence-electron chi connectivity index (χ4n) is 5.83. The van der Waals surface area contributed by atoms with Crippen molar-refractivity contribution in [3.8, 4) is 0 Å². The summed E-state index contributed by atoms with van der Waals surface area (Å²) in [4.78, 5) is 78.9. The van der Waals surface area contributed by atoms with Crippen molar-refractivity contribution in [1.29, 1.82) is 0 Å². The van der Waals surface area contributed by atoms with Crippen LogP contribution in [0.2, 0.25) is 0 Å². The van der Waals surface area contributed by atoms with Crippen LogP contribution in [0, 0.1) is 0 Å². The number of ether oxygens (including phenoxy) is 2. The highest BCUT2D eigenvalue weighted by Gasteiger charge is 2.49. The first-order valence-electron chi connectivity index (χ1n) is 18.2. The number of benzene rings is 2. The fourth-order valence-corrected chi connectivity index (χ4v) is 8.65. The van der Waals surface area contributed by atoms with Gasteiger partial charge in [-0.2, -0.15) is 9.97 Å². The molecule has 6 rings (SSSR count). The normalized spacial score (nSPS) is 23.4. The molecule has 0 spiro atoms. The lowest BCUT2D eigenvalue weighted by atomic mass is 10.1. The maximum atomic E-state index is 15.8. The zero-order valence-corrected chi connectivity index (χ0v) is 33.6. The molecule has 0 radical (unpaired) electrons. The van der Waals surface area contributed by atoms with Gasteiger partial charge in [0.05, 0.1) is 17.1 Å². The quantitative estimate of drug-likeness (QED) is 0.118. The number of thioether (sulfide) groups is 2. The maximum absolute atomic E-state index is 15.8. The maximum Gasteiger partial charge on any atom is 0.350 e. The number of halogens is 2. The second-order valence-electron chi connectivity index (χ2n) is 13.1. The fraction of sp³-hybridized carbons (Fsp3) is 0.300. The largest absolute Gasteiger partial charge is 0.461 e. The molecule has 4 aromatic rings. The van der Waals surface area contributed by atoms with Crippen LogP contribution >= 0.6 is 23.5 Å². The predicted molar refractivity (Wildman–Crippen MR) is 221 cm³/mol. The van der Waals surface area contributed by atoms with Gasteiger partial charge in [-0.25, -0.2) is 28.0 Å². The van der Waals surface area contributed by atoms with Gasteiger partial charge in [-0.1, -0.05) is 60.7 Å². The zero-order valence-electron chi connectivity index (χ0n) is 31.9. The van der Waals surface area contributed by atoms with Crippen LogP contribution in [-0.4, -0.2) is 101 Å². The third kappa shape index (κ3) is 12.3. The van der Waals surface area contributed by atoms with Gasteiger partial charge in [-0.05, 0) is 35.4 Å². The van der Waals surface area contributed by atoms with Crippen molar-refractivity contribution < 1.29 is 47.6 Å². The molecule has 2 aliphatic rings. The molecule has 60 heavy (non-hydrogen) atoms. The minimum Gasteiger partial charge on any atom is -0.461 e. The second-order valence-corrected chi connectivity index (χ2v) is 15.8. The second kappa shape index (κ2) is 21.3. The first-order chi connectivity index (χ1) is 28.7. The van der Waals surface area contributed by atoms with Crippen LogP contribution in [0.5, 0.6) is 0 Å². The number of aliphatic hydroxyl groups excluding tert-OH is 2. The number of nitrogens with zero attached hydrogens (tertiary/aromatic N) is 4. The zero-order chi connectivity index (χ0) is 43.3. The minimum absolute atomic E-state index is 0.0249. The van der Waals surface area contributed by atoms with Gasteiger partial charge in [0, 0.05) is 38.4 Å². The lowest BCUT2D eigenvalue weighted by molar-refractivity contribution is -0.147. The van der Waals surface area contributed by atoms with Gasteiger partial charge >= 0.3 is 23.3 Å². The number of aliphatic hydroxyl groups is 2. The molecule has 4 N–H and O–H groups in total. The van der Waals surface area contributed by atoms with Crippen LogP contribution < -0.4 is 22.0 Å². The van der Waals surface area contributed by atoms with E-state index >= 15 is 4.39 Å². The van der Waals surface area contributed by atoms with Gasteiger partial charge in [0.1, 0.15) is 35.1 Å². The Labute approximate surface area is 349 Å². The highest BCUT2D eigenvalue weighted by Crippen LogP contribution is 2.45. The predicted octanol–water partition coefficient (Wildman–Crippen LogP) is 3.54. The Morgan fingerprint density at radius 1 is 0.733 bits per heavy atom. The van der Waals surface area contributed by atoms with E-state index in [1.165, 1.54) is 56.6 Å². The number of hydrogen-bond acceptors (Lipinski definition) is 14. The molecule has 8 atom stereocenters. The Morgan fingerprint density at radius 2 is 1.20 bits per heavy atom. The van der Waals surface area contributed by atoms with E-state index in [2.05, 4.69) is 20.6 Å². The molecule has 0 unspecified atom stereocenters. The van der Waals surface area contributed by atoms with Crippen LogP contribution in [0.3, 0.4) is 0 Å². The molecule has 316 valence electrons. The van der Waals surface area contributed by atoms with Crippen molar-refractivity contribution >= 4 is 71.1 Å². The average Bonchev–Trinajstić information content (AvgIpc) is 3.68. The standard InChI is InChI=1S/C29H26FN3O6S.C11H14FN3O4S/c1-19(34)31-23-16-17-33(29(37)32-23)28-26(30)27(39-25(36)15-13-21-10-6-3-7-11-21)22(40-28)18-38-24(35)14-12-20-8-4-2-5-9-20;1-5(17)13-7-2-3-15(11(19)14-7)10-8(12)9(18)6(4-16)20-10/h2-17,22,26-28H,18H2,1H3,(H,31,32,34,37);2-3,6,8-10,16,18H,4H2,1H3,(H,13,14,17,19)/b14-12+,15-13+;/t22-,26+,27-,28-;6-,8+,9-,10-/m11/s1. The third-order valence-corrected chi connectivity index (χ3v) is 11.7. The molecule has 2 fully saturated rings. The Hall–Kier alpha value is -5.96. The van der Waals surface area contributed by atoms with Crippen LogP contribution in [0.15, 0.2) is 107 Å². The summed E-state index contributed by atoms with van der Waals surface area (Å²) in [6.07, 6.45) is 1.99. The van der Waals surface area contributed by atoms with E-state index in [9.17, 15) is 38.3 Å². The van der Waals surface area contributed by atoms with Gasteiger partial charge in [0.15, 0.2) is 18.4 Å². The molecule has 0 aliphatic carbocycles. The van der Waals surface area contributed by atoms with E-state index in [4.69, 9.17) is 14.6 Å². The van der Waals surface area contributed by atoms with Crippen LogP contribution in [-0.2, 0) is 28.7 Å². The van der Waals surface area contributed by atoms with Gasteiger partial charge in [0.25, 0.3) is 0 Å². The molecule has 0 bridgehead atoms. The summed E-state index contributed by atoms with van der Waals surface area (Å²) in [7, 11) is 0. The summed E-state index contributed by atoms with van der Waals surface area (Å²) in [6, 6.07) is 20.9. The van der Waals surface area contributed by atoms with E-state index in [1.54, 1.807) is 30.3 Å². The summed E-state index contributed by atoms with van der Waals surface area (Å²) in [5.41, 5.74) is 0.0127. The summed E-state index contributed by atoms with van der Waals surface area (Å²) < 4.78 is 42.6. The number of esters is 2. The third-order valence-electron chi connectivity index (χ3n) is 8.62. The Kier molecular flexibility index (Phi) is 16.1. The van der Waals surface area contributed by atoms with E-state index in [0.29, 0.717) is 0 Å². The van der Waals surface area contributed by atoms with E-state index in [0.717, 1.165) is 43.8 Å². The number of nitrogens with one attached hydrogen (secondary N) is 2. The van der Waals surface area contributed by atoms with Gasteiger partial charge in [0.2, 0.25) is 11.8 Å². The lowest BCUT2D eigenvalue weighted by Crippen LogP contribution is -2.37. The van der Waals surface area contributed by atoms with Crippen molar-refractivity contribution in [2.45, 2.75) is 59.6 Å². The highest BCUT2D eigenvalue weighted by atomic mass is 32.2. The number of carbonyl (C=O) groups is 4. The van der Waals surface area contributed by atoms with Gasteiger partial charge in [-0.15, -0.1) is 23.5 Å². The number of carbonyl (C=O) groups excluding carboxylic acids is 4. The van der Waals surface area contributed by atoms with Gasteiger partial charge < -0.3 is 30.3 Å². The summed E-state index contributed by atoms with van der Waals surface area (Å²) in [6.45, 7) is 1.89. The number of alkyl halides is 2. The monoisotopic (exact) mass is 866 g/mol. The average molecular weight is 867 g/mol.